The molecule has 0 saturated carbocycles. The Bertz CT molecular complexity index is 256. The van der Waals surface area contributed by atoms with Crippen LogP contribution in [-0.2, 0) is 21.6 Å². The molecule has 0 bridgehead atoms. The molecule has 1 aromatic carbocycles. The molecular formula is C6H5CuO3P. The second-order valence-corrected chi connectivity index (χ2v) is 3.34. The molecule has 1 radical (unpaired) electrons. The van der Waals surface area contributed by atoms with E-state index in [0.717, 1.165) is 0 Å². The zero-order valence-electron chi connectivity index (χ0n) is 5.36. The van der Waals surface area contributed by atoms with Crippen molar-refractivity contribution in [3.63, 3.8) is 0 Å². The van der Waals surface area contributed by atoms with Gasteiger partial charge >= 0.3 is 17.1 Å². The van der Waals surface area contributed by atoms with Gasteiger partial charge in [0.15, 0.2) is 0 Å². The summed E-state index contributed by atoms with van der Waals surface area (Å²) < 4.78 is 10.3. The van der Waals surface area contributed by atoms with Gasteiger partial charge in [-0.05, 0) is 12.9 Å². The van der Waals surface area contributed by atoms with Crippen LogP contribution in [-0.4, -0.2) is 0 Å². The van der Waals surface area contributed by atoms with Gasteiger partial charge in [0.1, 0.15) is 0 Å². The van der Waals surface area contributed by atoms with Crippen LogP contribution in [0.1, 0.15) is 0 Å². The predicted octanol–water partition coefficient (Wildman–Crippen LogP) is -0.777. The van der Waals surface area contributed by atoms with E-state index in [0.29, 0.717) is 0 Å². The van der Waals surface area contributed by atoms with E-state index < -0.39 is 7.60 Å². The molecule has 0 fully saturated rings. The molecule has 0 N–H and O–H groups in total. The van der Waals surface area contributed by atoms with Gasteiger partial charge in [-0.1, -0.05) is 30.3 Å². The summed E-state index contributed by atoms with van der Waals surface area (Å²) in [6.07, 6.45) is 0. The second kappa shape index (κ2) is 4.05. The molecule has 0 aliphatic rings. The molecule has 11 heavy (non-hydrogen) atoms. The van der Waals surface area contributed by atoms with Crippen LogP contribution in [0.4, 0.5) is 0 Å². The molecule has 0 saturated heterocycles. The van der Waals surface area contributed by atoms with Crippen molar-refractivity contribution in [3.8, 4) is 0 Å². The maximum atomic E-state index is 10.3. The van der Waals surface area contributed by atoms with Crippen LogP contribution in [0.25, 0.3) is 0 Å². The molecular weight excluding hydrogens is 215 g/mol. The average molecular weight is 220 g/mol. The van der Waals surface area contributed by atoms with Crippen molar-refractivity contribution < 1.29 is 31.4 Å². The van der Waals surface area contributed by atoms with Crippen LogP contribution in [0.15, 0.2) is 30.3 Å². The monoisotopic (exact) mass is 219 g/mol. The van der Waals surface area contributed by atoms with Gasteiger partial charge in [-0.2, -0.15) is 0 Å². The third kappa shape index (κ3) is 3.19. The Labute approximate surface area is 75.1 Å². The molecule has 5 heteroatoms. The maximum Gasteiger partial charge on any atom is 2.00 e. The van der Waals surface area contributed by atoms with Crippen molar-refractivity contribution in [2.24, 2.45) is 0 Å². The van der Waals surface area contributed by atoms with Crippen LogP contribution in [0, 0.1) is 0 Å². The largest absolute Gasteiger partial charge is 2.00 e. The first-order valence-electron chi connectivity index (χ1n) is 2.68. The Kier molecular flexibility index (Phi) is 4.01. The molecule has 0 aromatic heterocycles. The summed E-state index contributed by atoms with van der Waals surface area (Å²) in [4.78, 5) is 20.6. The van der Waals surface area contributed by atoms with Crippen LogP contribution in [0.5, 0.6) is 0 Å². The van der Waals surface area contributed by atoms with Crippen LogP contribution < -0.4 is 15.1 Å². The molecule has 0 aliphatic heterocycles. The molecule has 1 aromatic rings. The van der Waals surface area contributed by atoms with Gasteiger partial charge in [-0.25, -0.2) is 0 Å². The summed E-state index contributed by atoms with van der Waals surface area (Å²) in [6, 6.07) is 7.23. The Morgan fingerprint density at radius 2 is 1.55 bits per heavy atom. The van der Waals surface area contributed by atoms with Gasteiger partial charge in [0, 0.05) is 0 Å². The van der Waals surface area contributed by atoms with Crippen LogP contribution in [0.2, 0.25) is 0 Å². The minimum Gasteiger partial charge on any atom is -0.807 e. The Balaban J connectivity index is 0.000001000. The smallest absolute Gasteiger partial charge is 0.807 e. The van der Waals surface area contributed by atoms with E-state index in [1.54, 1.807) is 6.07 Å². The number of hydrogen-bond acceptors (Lipinski definition) is 3. The van der Waals surface area contributed by atoms with Crippen molar-refractivity contribution in [3.05, 3.63) is 30.3 Å². The zero-order valence-corrected chi connectivity index (χ0v) is 7.20. The maximum absolute atomic E-state index is 10.3. The molecule has 3 nitrogen and oxygen atoms in total. The first-order chi connectivity index (χ1) is 4.61. The number of hydrogen-bond donors (Lipinski definition) is 0. The summed E-state index contributed by atoms with van der Waals surface area (Å²) in [7, 11) is -4.52. The van der Waals surface area contributed by atoms with E-state index in [-0.39, 0.29) is 22.4 Å². The van der Waals surface area contributed by atoms with E-state index in [1.807, 2.05) is 0 Å². The standard InChI is InChI=1S/C6H7O3P.Cu/c7-10(8,9)6-4-2-1-3-5-6;/h1-5H,(H2,7,8,9);/q;+2/p-2. The zero-order chi connectivity index (χ0) is 7.61. The first-order valence-corrected chi connectivity index (χ1v) is 4.22. The van der Waals surface area contributed by atoms with Crippen LogP contribution >= 0.6 is 7.60 Å². The summed E-state index contributed by atoms with van der Waals surface area (Å²) in [5.41, 5.74) is 0. The Morgan fingerprint density at radius 1 is 1.09 bits per heavy atom. The van der Waals surface area contributed by atoms with E-state index in [9.17, 15) is 14.4 Å². The number of rotatable bonds is 1. The fourth-order valence-corrected chi connectivity index (χ4v) is 1.15. The predicted molar refractivity (Wildman–Crippen MR) is 33.7 cm³/mol. The van der Waals surface area contributed by atoms with Gasteiger partial charge in [0.2, 0.25) is 0 Å². The van der Waals surface area contributed by atoms with Crippen molar-refractivity contribution in [2.75, 3.05) is 0 Å². The molecule has 0 aliphatic carbocycles. The van der Waals surface area contributed by atoms with Crippen molar-refractivity contribution in [1.82, 2.24) is 0 Å². The summed E-state index contributed by atoms with van der Waals surface area (Å²) >= 11 is 0. The van der Waals surface area contributed by atoms with Gasteiger partial charge in [0.25, 0.3) is 0 Å². The molecule has 1 rings (SSSR count). The fraction of sp³-hybridized carbons (Fsp3) is 0. The molecule has 0 amide bonds. The number of benzene rings is 1. The third-order valence-corrected chi connectivity index (χ3v) is 2.00. The summed E-state index contributed by atoms with van der Waals surface area (Å²) in [5, 5.41) is -0.157. The second-order valence-electron chi connectivity index (χ2n) is 1.83. The molecule has 0 atom stereocenters. The Hall–Kier alpha value is -0.111. The fourth-order valence-electron chi connectivity index (χ4n) is 0.611. The quantitative estimate of drug-likeness (QED) is 0.460. The summed E-state index contributed by atoms with van der Waals surface area (Å²) in [5.74, 6) is 0. The van der Waals surface area contributed by atoms with E-state index >= 15 is 0 Å². The average Bonchev–Trinajstić information content (AvgIpc) is 1.88. The minimum atomic E-state index is -4.52. The normalized spacial score (nSPS) is 10.4. The van der Waals surface area contributed by atoms with Gasteiger partial charge in [0.05, 0.1) is 0 Å². The van der Waals surface area contributed by atoms with E-state index in [2.05, 4.69) is 0 Å². The minimum absolute atomic E-state index is 0. The van der Waals surface area contributed by atoms with Crippen molar-refractivity contribution in [1.29, 1.82) is 0 Å². The van der Waals surface area contributed by atoms with Crippen LogP contribution in [0.3, 0.4) is 0 Å². The molecule has 0 unspecified atom stereocenters. The Morgan fingerprint density at radius 3 is 1.82 bits per heavy atom. The van der Waals surface area contributed by atoms with Gasteiger partial charge in [-0.15, -0.1) is 0 Å². The van der Waals surface area contributed by atoms with E-state index in [1.165, 1.54) is 24.3 Å². The molecule has 63 valence electrons. The van der Waals surface area contributed by atoms with Crippen molar-refractivity contribution >= 4 is 12.9 Å². The summed E-state index contributed by atoms with van der Waals surface area (Å²) in [6.45, 7) is 0. The van der Waals surface area contributed by atoms with E-state index in [4.69, 9.17) is 0 Å². The third-order valence-electron chi connectivity index (χ3n) is 1.07. The topological polar surface area (TPSA) is 63.2 Å². The van der Waals surface area contributed by atoms with Crippen molar-refractivity contribution in [2.45, 2.75) is 0 Å². The SMILES string of the molecule is O=P([O-])([O-])c1ccccc1.[Cu+2]. The molecule has 0 spiro atoms. The van der Waals surface area contributed by atoms with Gasteiger partial charge in [-0.3, -0.25) is 0 Å². The first kappa shape index (κ1) is 10.9. The molecule has 0 heterocycles. The van der Waals surface area contributed by atoms with Gasteiger partial charge < -0.3 is 14.4 Å².